The van der Waals surface area contributed by atoms with Crippen LogP contribution < -0.4 is 15.5 Å². The Bertz CT molecular complexity index is 1190. The van der Waals surface area contributed by atoms with E-state index in [1.807, 2.05) is 19.1 Å². The fraction of sp³-hybridized carbons (Fsp3) is 0.200. The summed E-state index contributed by atoms with van der Waals surface area (Å²) in [5.74, 6) is -1.74. The van der Waals surface area contributed by atoms with Crippen molar-refractivity contribution >= 4 is 34.3 Å². The molecule has 0 spiro atoms. The summed E-state index contributed by atoms with van der Waals surface area (Å²) in [5.41, 5.74) is 1.08. The number of thioether (sulfide) groups is 1. The minimum absolute atomic E-state index is 0.00162. The lowest BCUT2D eigenvalue weighted by Crippen LogP contribution is -2.28. The van der Waals surface area contributed by atoms with Gasteiger partial charge in [0.2, 0.25) is 5.43 Å². The molecule has 8 heteroatoms. The van der Waals surface area contributed by atoms with Crippen molar-refractivity contribution in [1.82, 2.24) is 4.57 Å². The smallest absolute Gasteiger partial charge is 0.342 e. The van der Waals surface area contributed by atoms with Gasteiger partial charge in [0.25, 0.3) is 0 Å². The average Bonchev–Trinajstić information content (AvgIpc) is 2.67. The van der Waals surface area contributed by atoms with E-state index in [4.69, 9.17) is 4.74 Å². The van der Waals surface area contributed by atoms with Crippen LogP contribution in [0.1, 0.15) is 22.7 Å². The number of carboxylic acids is 1. The highest BCUT2D eigenvalue weighted by molar-refractivity contribution is 8.00. The van der Waals surface area contributed by atoms with E-state index in [1.165, 1.54) is 18.9 Å². The summed E-state index contributed by atoms with van der Waals surface area (Å²) >= 11 is 1.29. The van der Waals surface area contributed by atoms with Gasteiger partial charge in [-0.1, -0.05) is 23.9 Å². The van der Waals surface area contributed by atoms with Gasteiger partial charge in [-0.05, 0) is 30.7 Å². The molecular weight excluding hydrogens is 383 g/mol. The lowest BCUT2D eigenvalue weighted by atomic mass is 9.99. The second-order valence-electron chi connectivity index (χ2n) is 6.39. The van der Waals surface area contributed by atoms with Crippen LogP contribution in [0.2, 0.25) is 0 Å². The summed E-state index contributed by atoms with van der Waals surface area (Å²) in [6.07, 6.45) is 0. The van der Waals surface area contributed by atoms with Gasteiger partial charge in [0.15, 0.2) is 5.75 Å². The van der Waals surface area contributed by atoms with Gasteiger partial charge in [0.05, 0.1) is 34.0 Å². The van der Waals surface area contributed by atoms with Gasteiger partial charge in [-0.15, -0.1) is 0 Å². The number of rotatable bonds is 4. The van der Waals surface area contributed by atoms with E-state index in [2.05, 4.69) is 5.32 Å². The zero-order valence-electron chi connectivity index (χ0n) is 15.4. The lowest BCUT2D eigenvalue weighted by Gasteiger charge is -2.33. The largest absolute Gasteiger partial charge is 0.494 e. The topological polar surface area (TPSA) is 80.6 Å². The quantitative estimate of drug-likeness (QED) is 0.684. The highest BCUT2D eigenvalue weighted by Crippen LogP contribution is 2.49. The summed E-state index contributed by atoms with van der Waals surface area (Å²) in [6.45, 7) is 1.89. The van der Waals surface area contributed by atoms with Crippen LogP contribution in [0.3, 0.4) is 0 Å². The number of nitrogens with one attached hydrogen (secondary N) is 1. The molecule has 2 heterocycles. The number of methoxy groups -OCH3 is 1. The fourth-order valence-electron chi connectivity index (χ4n) is 3.57. The zero-order chi connectivity index (χ0) is 20.2. The number of carbonyl (C=O) groups is 1. The minimum Gasteiger partial charge on any atom is -0.494 e. The lowest BCUT2D eigenvalue weighted by molar-refractivity contribution is 0.0689. The summed E-state index contributed by atoms with van der Waals surface area (Å²) < 4.78 is 22.4. The Morgan fingerprint density at radius 1 is 1.32 bits per heavy atom. The minimum atomic E-state index is -1.32. The second kappa shape index (κ2) is 6.56. The fourth-order valence-corrected chi connectivity index (χ4v) is 4.71. The van der Waals surface area contributed by atoms with Crippen LogP contribution in [0.4, 0.5) is 10.1 Å². The number of aromatic nitrogens is 1. The van der Waals surface area contributed by atoms with Crippen LogP contribution in [0.25, 0.3) is 22.0 Å². The molecule has 1 aliphatic heterocycles. The molecule has 1 unspecified atom stereocenters. The third kappa shape index (κ3) is 2.48. The highest BCUT2D eigenvalue weighted by atomic mass is 32.2. The van der Waals surface area contributed by atoms with E-state index in [-0.39, 0.29) is 27.6 Å². The monoisotopic (exact) mass is 400 g/mol. The molecular formula is C20H17FN2O4S. The molecule has 4 rings (SSSR count). The first-order valence-corrected chi connectivity index (χ1v) is 9.43. The predicted octanol–water partition coefficient (Wildman–Crippen LogP) is 4.18. The number of pyridine rings is 1. The van der Waals surface area contributed by atoms with Crippen LogP contribution in [0.5, 0.6) is 5.75 Å². The number of nitrogens with zero attached hydrogens (tertiary/aromatic N) is 1. The standard InChI is InChI=1S/C20H17FN2O4S/c1-9-23-16-12(17(24)15(20(25)26)19(23)28-9)8-13(21)14(18(16)27-3)10-4-6-11(22-2)7-5-10/h4-9,22H,1-3H3,(H,25,26). The summed E-state index contributed by atoms with van der Waals surface area (Å²) in [6, 6.07) is 8.26. The number of carboxylic acid groups (broad SMARTS) is 1. The predicted molar refractivity (Wildman–Crippen MR) is 107 cm³/mol. The number of halogens is 1. The number of hydrogen-bond donors (Lipinski definition) is 2. The molecule has 28 heavy (non-hydrogen) atoms. The Labute approximate surface area is 163 Å². The molecule has 0 bridgehead atoms. The number of fused-ring (bicyclic) bond motifs is 3. The Hall–Kier alpha value is -3.00. The number of aromatic carboxylic acids is 1. The first-order chi connectivity index (χ1) is 13.4. The molecule has 2 aromatic carbocycles. The van der Waals surface area contributed by atoms with Crippen molar-refractivity contribution in [2.75, 3.05) is 19.5 Å². The van der Waals surface area contributed by atoms with Crippen molar-refractivity contribution in [3.8, 4) is 16.9 Å². The van der Waals surface area contributed by atoms with Gasteiger partial charge in [0.1, 0.15) is 11.4 Å². The van der Waals surface area contributed by atoms with Crippen molar-refractivity contribution < 1.29 is 19.0 Å². The maximum atomic E-state index is 15.1. The van der Waals surface area contributed by atoms with E-state index < -0.39 is 17.2 Å². The van der Waals surface area contributed by atoms with Gasteiger partial charge >= 0.3 is 5.97 Å². The van der Waals surface area contributed by atoms with Crippen LogP contribution in [-0.4, -0.2) is 29.8 Å². The molecule has 1 atom stereocenters. The normalized spacial score (nSPS) is 15.1. The van der Waals surface area contributed by atoms with Gasteiger partial charge in [-0.3, -0.25) is 4.79 Å². The maximum absolute atomic E-state index is 15.1. The van der Waals surface area contributed by atoms with Crippen molar-refractivity contribution in [3.63, 3.8) is 0 Å². The molecule has 1 aromatic heterocycles. The number of hydrogen-bond acceptors (Lipinski definition) is 5. The molecule has 0 aliphatic carbocycles. The van der Waals surface area contributed by atoms with Gasteiger partial charge in [-0.2, -0.15) is 0 Å². The Morgan fingerprint density at radius 2 is 2.00 bits per heavy atom. The molecule has 0 saturated heterocycles. The molecule has 0 fully saturated rings. The van der Waals surface area contributed by atoms with E-state index in [1.54, 1.807) is 23.7 Å². The first-order valence-electron chi connectivity index (χ1n) is 8.55. The Balaban J connectivity index is 2.12. The molecule has 0 amide bonds. The van der Waals surface area contributed by atoms with Crippen molar-refractivity contribution in [2.24, 2.45) is 0 Å². The van der Waals surface area contributed by atoms with Crippen molar-refractivity contribution in [3.05, 3.63) is 51.9 Å². The summed E-state index contributed by atoms with van der Waals surface area (Å²) in [7, 11) is 3.20. The zero-order valence-corrected chi connectivity index (χ0v) is 16.2. The molecule has 1 aliphatic rings. The highest BCUT2D eigenvalue weighted by Gasteiger charge is 2.35. The third-order valence-corrected chi connectivity index (χ3v) is 6.05. The van der Waals surface area contributed by atoms with Crippen molar-refractivity contribution in [2.45, 2.75) is 17.3 Å². The third-order valence-electron chi connectivity index (χ3n) is 4.88. The molecule has 144 valence electrons. The molecule has 3 aromatic rings. The van der Waals surface area contributed by atoms with E-state index in [0.29, 0.717) is 16.1 Å². The first kappa shape index (κ1) is 18.4. The van der Waals surface area contributed by atoms with E-state index in [9.17, 15) is 14.7 Å². The second-order valence-corrected chi connectivity index (χ2v) is 7.70. The van der Waals surface area contributed by atoms with E-state index in [0.717, 1.165) is 11.8 Å². The molecule has 6 nitrogen and oxygen atoms in total. The van der Waals surface area contributed by atoms with Crippen molar-refractivity contribution in [1.29, 1.82) is 0 Å². The number of benzene rings is 2. The number of anilines is 1. The van der Waals surface area contributed by atoms with Crippen LogP contribution in [-0.2, 0) is 0 Å². The van der Waals surface area contributed by atoms with Crippen LogP contribution in [0.15, 0.2) is 40.2 Å². The van der Waals surface area contributed by atoms with Crippen LogP contribution in [0, 0.1) is 5.82 Å². The summed E-state index contributed by atoms with van der Waals surface area (Å²) in [4.78, 5) is 24.4. The van der Waals surface area contributed by atoms with Crippen LogP contribution >= 0.6 is 11.8 Å². The van der Waals surface area contributed by atoms with Gasteiger partial charge < -0.3 is 19.7 Å². The number of ether oxygens (including phenoxy) is 1. The molecule has 0 radical (unpaired) electrons. The van der Waals surface area contributed by atoms with Gasteiger partial charge in [0, 0.05) is 12.7 Å². The average molecular weight is 400 g/mol. The SMILES string of the molecule is CNc1ccc(-c2c(F)cc3c(=O)c(C(=O)O)c4n(c3c2OC)C(C)S4)cc1. The van der Waals surface area contributed by atoms with E-state index >= 15 is 4.39 Å². The summed E-state index contributed by atoms with van der Waals surface area (Å²) in [5, 5.41) is 12.7. The Morgan fingerprint density at radius 3 is 2.54 bits per heavy atom. The molecule has 0 saturated carbocycles. The maximum Gasteiger partial charge on any atom is 0.342 e. The molecule has 2 N–H and O–H groups in total. The Kier molecular flexibility index (Phi) is 4.30. The van der Waals surface area contributed by atoms with Gasteiger partial charge in [-0.25, -0.2) is 9.18 Å².